The van der Waals surface area contributed by atoms with E-state index >= 15 is 0 Å². The molecule has 1 aromatic carbocycles. The highest BCUT2D eigenvalue weighted by Crippen LogP contribution is 2.14. The Labute approximate surface area is 115 Å². The lowest BCUT2D eigenvalue weighted by Crippen LogP contribution is -2.36. The van der Waals surface area contributed by atoms with E-state index in [1.54, 1.807) is 6.08 Å². The van der Waals surface area contributed by atoms with Crippen molar-refractivity contribution in [3.05, 3.63) is 48.0 Å². The average molecular weight is 262 g/mol. The van der Waals surface area contributed by atoms with Gasteiger partial charge in [-0.25, -0.2) is 0 Å². The van der Waals surface area contributed by atoms with Crippen molar-refractivity contribution in [2.24, 2.45) is 0 Å². The highest BCUT2D eigenvalue weighted by Gasteiger charge is 2.06. The van der Waals surface area contributed by atoms with Gasteiger partial charge >= 0.3 is 0 Å². The van der Waals surface area contributed by atoms with Crippen LogP contribution in [0.4, 0.5) is 0 Å². The summed E-state index contributed by atoms with van der Waals surface area (Å²) in [6.07, 6.45) is 4.11. The molecular weight excluding hydrogens is 240 g/mol. The molecule has 0 heterocycles. The molecule has 1 rings (SSSR count). The van der Waals surface area contributed by atoms with Gasteiger partial charge in [0.1, 0.15) is 0 Å². The number of hydrogen-bond donors (Lipinski definition) is 2. The van der Waals surface area contributed by atoms with Crippen LogP contribution in [0.3, 0.4) is 0 Å². The predicted octanol–water partition coefficient (Wildman–Crippen LogP) is 3.35. The summed E-state index contributed by atoms with van der Waals surface area (Å²) in [6.45, 7) is 8.64. The summed E-state index contributed by atoms with van der Waals surface area (Å²) in [4.78, 5) is 0. The summed E-state index contributed by atoms with van der Waals surface area (Å²) in [7, 11) is 0. The third-order valence-corrected chi connectivity index (χ3v) is 3.04. The molecule has 2 N–H and O–H groups in total. The van der Waals surface area contributed by atoms with E-state index in [1.165, 1.54) is 17.5 Å². The number of thiocarbonyl (C=S) groups is 1. The molecule has 3 heteroatoms. The molecule has 0 aromatic heterocycles. The molecule has 0 amide bonds. The van der Waals surface area contributed by atoms with Crippen LogP contribution in [0.2, 0.25) is 0 Å². The van der Waals surface area contributed by atoms with Gasteiger partial charge in [-0.3, -0.25) is 0 Å². The van der Waals surface area contributed by atoms with Gasteiger partial charge in [0.2, 0.25) is 0 Å². The fraction of sp³-hybridized carbons (Fsp3) is 0.400. The first-order chi connectivity index (χ1) is 8.67. The van der Waals surface area contributed by atoms with Gasteiger partial charge in [-0.1, -0.05) is 43.7 Å². The van der Waals surface area contributed by atoms with Crippen molar-refractivity contribution in [3.63, 3.8) is 0 Å². The van der Waals surface area contributed by atoms with Gasteiger partial charge in [0.05, 0.1) is 6.04 Å². The van der Waals surface area contributed by atoms with E-state index < -0.39 is 0 Å². The zero-order valence-corrected chi connectivity index (χ0v) is 12.0. The molecule has 0 bridgehead atoms. The van der Waals surface area contributed by atoms with Crippen molar-refractivity contribution in [1.82, 2.24) is 10.6 Å². The smallest absolute Gasteiger partial charge is 0.167 e. The van der Waals surface area contributed by atoms with Crippen LogP contribution in [0, 0.1) is 0 Å². The number of hydrogen-bond acceptors (Lipinski definition) is 1. The molecule has 1 unspecified atom stereocenters. The Balaban J connectivity index is 2.52. The van der Waals surface area contributed by atoms with E-state index in [4.69, 9.17) is 12.2 Å². The van der Waals surface area contributed by atoms with Crippen LogP contribution < -0.4 is 10.6 Å². The Hall–Kier alpha value is -1.35. The number of nitrogens with one attached hydrogen (secondary N) is 2. The Morgan fingerprint density at radius 3 is 2.61 bits per heavy atom. The number of aryl methyl sites for hydroxylation is 1. The van der Waals surface area contributed by atoms with Crippen molar-refractivity contribution < 1.29 is 0 Å². The molecule has 1 atom stereocenters. The summed E-state index contributed by atoms with van der Waals surface area (Å²) in [5.41, 5.74) is 2.64. The highest BCUT2D eigenvalue weighted by molar-refractivity contribution is 7.80. The van der Waals surface area contributed by atoms with E-state index in [0.29, 0.717) is 11.7 Å². The molecule has 0 aliphatic rings. The molecule has 0 radical (unpaired) electrons. The standard InChI is InChI=1S/C15H22N2S/c1-4-6-13-7-9-14(10-8-13)12(3)17-15(18)16-11-5-2/h5,7-10,12H,2,4,6,11H2,1,3H3,(H2,16,17,18). The zero-order chi connectivity index (χ0) is 13.4. The first-order valence-corrected chi connectivity index (χ1v) is 6.82. The van der Waals surface area contributed by atoms with Crippen molar-refractivity contribution in [2.45, 2.75) is 32.7 Å². The van der Waals surface area contributed by atoms with E-state index in [-0.39, 0.29) is 6.04 Å². The Bertz CT molecular complexity index is 384. The third kappa shape index (κ3) is 4.88. The molecule has 0 spiro atoms. The summed E-state index contributed by atoms with van der Waals surface area (Å²) < 4.78 is 0. The predicted molar refractivity (Wildman–Crippen MR) is 82.8 cm³/mol. The van der Waals surface area contributed by atoms with Crippen LogP contribution in [0.15, 0.2) is 36.9 Å². The van der Waals surface area contributed by atoms with Gasteiger partial charge in [-0.05, 0) is 36.7 Å². The minimum absolute atomic E-state index is 0.213. The summed E-state index contributed by atoms with van der Waals surface area (Å²) >= 11 is 5.19. The van der Waals surface area contributed by atoms with Gasteiger partial charge in [0.15, 0.2) is 5.11 Å². The second-order valence-corrected chi connectivity index (χ2v) is 4.76. The van der Waals surface area contributed by atoms with E-state index in [9.17, 15) is 0 Å². The quantitative estimate of drug-likeness (QED) is 0.607. The molecule has 98 valence electrons. The van der Waals surface area contributed by atoms with Crippen molar-refractivity contribution in [2.75, 3.05) is 6.54 Å². The maximum absolute atomic E-state index is 5.19. The van der Waals surface area contributed by atoms with Crippen LogP contribution in [0.1, 0.15) is 37.4 Å². The van der Waals surface area contributed by atoms with Crippen LogP contribution in [-0.4, -0.2) is 11.7 Å². The molecule has 1 aromatic rings. The maximum Gasteiger partial charge on any atom is 0.167 e. The molecule has 0 fully saturated rings. The lowest BCUT2D eigenvalue weighted by atomic mass is 10.0. The average Bonchev–Trinajstić information content (AvgIpc) is 2.37. The number of benzene rings is 1. The van der Waals surface area contributed by atoms with E-state index in [0.717, 1.165) is 6.42 Å². The molecule has 2 nitrogen and oxygen atoms in total. The maximum atomic E-state index is 5.19. The minimum atomic E-state index is 0.213. The van der Waals surface area contributed by atoms with Crippen LogP contribution >= 0.6 is 12.2 Å². The van der Waals surface area contributed by atoms with Crippen LogP contribution in [0.25, 0.3) is 0 Å². The largest absolute Gasteiger partial charge is 0.359 e. The fourth-order valence-electron chi connectivity index (χ4n) is 1.76. The molecule has 0 aliphatic carbocycles. The first-order valence-electron chi connectivity index (χ1n) is 6.41. The Kier molecular flexibility index (Phi) is 6.44. The van der Waals surface area contributed by atoms with Gasteiger partial charge in [0.25, 0.3) is 0 Å². The van der Waals surface area contributed by atoms with E-state index in [1.807, 2.05) is 0 Å². The Morgan fingerprint density at radius 1 is 1.39 bits per heavy atom. The molecule has 0 saturated heterocycles. The Morgan fingerprint density at radius 2 is 2.06 bits per heavy atom. The third-order valence-electron chi connectivity index (χ3n) is 2.77. The van der Waals surface area contributed by atoms with Crippen molar-refractivity contribution >= 4 is 17.3 Å². The molecule has 0 aliphatic heterocycles. The van der Waals surface area contributed by atoms with Gasteiger partial charge < -0.3 is 10.6 Å². The second-order valence-electron chi connectivity index (χ2n) is 4.36. The normalized spacial score (nSPS) is 11.7. The summed E-state index contributed by atoms with van der Waals surface area (Å²) in [6, 6.07) is 8.93. The van der Waals surface area contributed by atoms with Gasteiger partial charge in [-0.2, -0.15) is 0 Å². The van der Waals surface area contributed by atoms with Crippen LogP contribution in [-0.2, 0) is 6.42 Å². The fourth-order valence-corrected chi connectivity index (χ4v) is 2.02. The highest BCUT2D eigenvalue weighted by atomic mass is 32.1. The van der Waals surface area contributed by atoms with Crippen LogP contribution in [0.5, 0.6) is 0 Å². The van der Waals surface area contributed by atoms with E-state index in [2.05, 4.69) is 55.3 Å². The second kappa shape index (κ2) is 7.88. The monoisotopic (exact) mass is 262 g/mol. The van der Waals surface area contributed by atoms with Crippen molar-refractivity contribution in [3.8, 4) is 0 Å². The molecular formula is C15H22N2S. The zero-order valence-electron chi connectivity index (χ0n) is 11.2. The summed E-state index contributed by atoms with van der Waals surface area (Å²) in [5, 5.41) is 6.99. The topological polar surface area (TPSA) is 24.1 Å². The van der Waals surface area contributed by atoms with Gasteiger partial charge in [-0.15, -0.1) is 6.58 Å². The van der Waals surface area contributed by atoms with Gasteiger partial charge in [0, 0.05) is 6.54 Å². The minimum Gasteiger partial charge on any atom is -0.359 e. The molecule has 0 saturated carbocycles. The van der Waals surface area contributed by atoms with Crippen molar-refractivity contribution in [1.29, 1.82) is 0 Å². The molecule has 18 heavy (non-hydrogen) atoms. The number of rotatable bonds is 6. The lowest BCUT2D eigenvalue weighted by Gasteiger charge is -2.17. The first kappa shape index (κ1) is 14.7. The summed E-state index contributed by atoms with van der Waals surface area (Å²) in [5.74, 6) is 0. The lowest BCUT2D eigenvalue weighted by molar-refractivity contribution is 0.705. The SMILES string of the molecule is C=CCNC(=S)NC(C)c1ccc(CCC)cc1.